The van der Waals surface area contributed by atoms with Gasteiger partial charge in [0, 0.05) is 15.1 Å². The van der Waals surface area contributed by atoms with Crippen molar-refractivity contribution >= 4 is 40.1 Å². The van der Waals surface area contributed by atoms with E-state index in [1.54, 1.807) is 18.2 Å². The molecule has 0 saturated carbocycles. The maximum absolute atomic E-state index is 11.8. The highest BCUT2D eigenvalue weighted by Crippen LogP contribution is 2.19. The van der Waals surface area contributed by atoms with Crippen LogP contribution in [0.15, 0.2) is 18.2 Å². The van der Waals surface area contributed by atoms with E-state index in [9.17, 15) is 18.0 Å². The van der Waals surface area contributed by atoms with Gasteiger partial charge in [-0.15, -0.1) is 0 Å². The third-order valence-corrected chi connectivity index (χ3v) is 3.13. The predicted molar refractivity (Wildman–Crippen MR) is 65.9 cm³/mol. The number of hydrogen-bond donors (Lipinski definition) is 0. The van der Waals surface area contributed by atoms with E-state index in [0.29, 0.717) is 5.02 Å². The summed E-state index contributed by atoms with van der Waals surface area (Å²) < 4.78 is 36.4. The van der Waals surface area contributed by atoms with E-state index in [0.717, 1.165) is 9.13 Å². The average Bonchev–Trinajstić information content (AvgIpc) is 2.19. The molecule has 0 unspecified atom stereocenters. The second-order valence-corrected chi connectivity index (χ2v) is 4.77. The van der Waals surface area contributed by atoms with E-state index in [1.807, 2.05) is 22.6 Å². The van der Waals surface area contributed by atoms with Gasteiger partial charge in [0.1, 0.15) is 0 Å². The van der Waals surface area contributed by atoms with Crippen LogP contribution in [0.2, 0.25) is 5.02 Å². The highest BCUT2D eigenvalue weighted by Gasteiger charge is 2.39. The van der Waals surface area contributed by atoms with Crippen molar-refractivity contribution in [3.63, 3.8) is 0 Å². The van der Waals surface area contributed by atoms with Gasteiger partial charge in [0.2, 0.25) is 0 Å². The van der Waals surface area contributed by atoms with Crippen LogP contribution in [-0.4, -0.2) is 18.6 Å². The molecular weight excluding hydrogens is 369 g/mol. The first-order valence-electron chi connectivity index (χ1n) is 4.53. The molecule has 0 atom stereocenters. The van der Waals surface area contributed by atoms with Crippen molar-refractivity contribution in [2.75, 3.05) is 6.54 Å². The van der Waals surface area contributed by atoms with Gasteiger partial charge < -0.3 is 0 Å². The van der Waals surface area contributed by atoms with Crippen molar-refractivity contribution in [1.29, 1.82) is 0 Å². The van der Waals surface area contributed by atoms with Crippen LogP contribution in [0, 0.1) is 3.57 Å². The minimum Gasteiger partial charge on any atom is -0.262 e. The van der Waals surface area contributed by atoms with E-state index < -0.39 is 12.1 Å². The molecule has 0 aliphatic heterocycles. The summed E-state index contributed by atoms with van der Waals surface area (Å²) in [7, 11) is 0. The maximum atomic E-state index is 11.8. The summed E-state index contributed by atoms with van der Waals surface area (Å²) in [6, 6.07) is 5.05. The molecule has 1 amide bonds. The van der Waals surface area contributed by atoms with Crippen molar-refractivity contribution in [3.05, 3.63) is 32.4 Å². The lowest BCUT2D eigenvalue weighted by molar-refractivity contribution is -0.173. The van der Waals surface area contributed by atoms with E-state index in [1.165, 1.54) is 0 Å². The predicted octanol–water partition coefficient (Wildman–Crippen LogP) is 3.18. The topological polar surface area (TPSA) is 31.2 Å². The molecule has 0 N–H and O–H groups in total. The standard InChI is InChI=1S/C10H7ClF3INO/c11-7-2-1-6(8(15)5-7)3-4-16-9(17)10(12,13)14/h1-2,5H,3-4H2. The number of nitrogens with zero attached hydrogens (tertiary/aromatic N) is 1. The third-order valence-electron chi connectivity index (χ3n) is 1.89. The second kappa shape index (κ2) is 5.90. The summed E-state index contributed by atoms with van der Waals surface area (Å²) in [5.41, 5.74) is 0.814. The minimum atomic E-state index is -4.88. The molecule has 93 valence electrons. The van der Waals surface area contributed by atoms with E-state index >= 15 is 0 Å². The van der Waals surface area contributed by atoms with Crippen LogP contribution in [0.3, 0.4) is 0 Å². The zero-order chi connectivity index (χ0) is 13.1. The van der Waals surface area contributed by atoms with Crippen molar-refractivity contribution in [1.82, 2.24) is 5.32 Å². The Morgan fingerprint density at radius 1 is 1.41 bits per heavy atom. The Balaban J connectivity index is 2.49. The molecule has 0 fully saturated rings. The van der Waals surface area contributed by atoms with Crippen LogP contribution in [-0.2, 0) is 11.2 Å². The van der Waals surface area contributed by atoms with Gasteiger partial charge in [-0.1, -0.05) is 17.7 Å². The Hall–Kier alpha value is -0.500. The fourth-order valence-corrected chi connectivity index (χ4v) is 2.23. The molecule has 0 aliphatic rings. The third kappa shape index (κ3) is 4.71. The number of benzene rings is 1. The highest BCUT2D eigenvalue weighted by molar-refractivity contribution is 14.1. The molecule has 0 bridgehead atoms. The lowest BCUT2D eigenvalue weighted by Crippen LogP contribution is -2.32. The number of amides is 1. The number of hydrogen-bond acceptors (Lipinski definition) is 1. The quantitative estimate of drug-likeness (QED) is 0.746. The van der Waals surface area contributed by atoms with Gasteiger partial charge in [0.25, 0.3) is 0 Å². The van der Waals surface area contributed by atoms with Crippen LogP contribution in [0.5, 0.6) is 0 Å². The first-order chi connectivity index (χ1) is 7.80. The van der Waals surface area contributed by atoms with Gasteiger partial charge in [-0.2, -0.15) is 13.2 Å². The van der Waals surface area contributed by atoms with Gasteiger partial charge in [-0.05, 0) is 46.7 Å². The van der Waals surface area contributed by atoms with E-state index in [2.05, 4.69) is 5.32 Å². The van der Waals surface area contributed by atoms with Crippen LogP contribution in [0.4, 0.5) is 13.2 Å². The molecule has 0 saturated heterocycles. The molecule has 1 aromatic carbocycles. The largest absolute Gasteiger partial charge is 0.473 e. The SMILES string of the molecule is O=C([N]CCc1ccc(Cl)cc1I)C(F)(F)F. The molecule has 1 radical (unpaired) electrons. The summed E-state index contributed by atoms with van der Waals surface area (Å²) in [4.78, 5) is 10.5. The van der Waals surface area contributed by atoms with Gasteiger partial charge >= 0.3 is 12.1 Å². The van der Waals surface area contributed by atoms with Gasteiger partial charge in [-0.3, -0.25) is 4.79 Å². The summed E-state index contributed by atoms with van der Waals surface area (Å²) >= 11 is 7.76. The number of alkyl halides is 3. The summed E-state index contributed by atoms with van der Waals surface area (Å²) in [5.74, 6) is -2.04. The molecule has 17 heavy (non-hydrogen) atoms. The van der Waals surface area contributed by atoms with Crippen molar-refractivity contribution in [2.45, 2.75) is 12.6 Å². The normalized spacial score (nSPS) is 11.4. The van der Waals surface area contributed by atoms with Crippen molar-refractivity contribution in [2.24, 2.45) is 0 Å². The summed E-state index contributed by atoms with van der Waals surface area (Å²) in [6.07, 6.45) is -4.61. The average molecular weight is 377 g/mol. The Morgan fingerprint density at radius 3 is 2.59 bits per heavy atom. The molecule has 7 heteroatoms. The van der Waals surface area contributed by atoms with Crippen LogP contribution in [0.25, 0.3) is 0 Å². The van der Waals surface area contributed by atoms with Crippen molar-refractivity contribution < 1.29 is 18.0 Å². The molecule has 1 aromatic rings. The molecule has 1 rings (SSSR count). The number of carbonyl (C=O) groups is 1. The Labute approximate surface area is 115 Å². The number of rotatable bonds is 3. The van der Waals surface area contributed by atoms with Gasteiger partial charge in [0.05, 0.1) is 0 Å². The lowest BCUT2D eigenvalue weighted by Gasteiger charge is -2.06. The zero-order valence-corrected chi connectivity index (χ0v) is 11.3. The van der Waals surface area contributed by atoms with Crippen LogP contribution in [0.1, 0.15) is 5.56 Å². The first-order valence-corrected chi connectivity index (χ1v) is 5.99. The molecular formula is C10H7ClF3INO. The minimum absolute atomic E-state index is 0.185. The Morgan fingerprint density at radius 2 is 2.06 bits per heavy atom. The van der Waals surface area contributed by atoms with Crippen LogP contribution < -0.4 is 5.32 Å². The summed E-state index contributed by atoms with van der Waals surface area (Å²) in [6.45, 7) is -0.185. The molecule has 0 aromatic heterocycles. The van der Waals surface area contributed by atoms with E-state index in [-0.39, 0.29) is 13.0 Å². The Bertz CT molecular complexity index is 423. The maximum Gasteiger partial charge on any atom is 0.473 e. The first kappa shape index (κ1) is 14.6. The summed E-state index contributed by atoms with van der Waals surface area (Å²) in [5, 5.41) is 3.51. The zero-order valence-electron chi connectivity index (χ0n) is 8.39. The molecule has 0 aliphatic carbocycles. The van der Waals surface area contributed by atoms with Crippen LogP contribution >= 0.6 is 34.2 Å². The monoisotopic (exact) mass is 376 g/mol. The molecule has 0 spiro atoms. The molecule has 0 heterocycles. The lowest BCUT2D eigenvalue weighted by atomic mass is 10.1. The second-order valence-electron chi connectivity index (χ2n) is 3.17. The molecule has 2 nitrogen and oxygen atoms in total. The fourth-order valence-electron chi connectivity index (χ4n) is 1.09. The van der Waals surface area contributed by atoms with Crippen molar-refractivity contribution in [3.8, 4) is 0 Å². The fraction of sp³-hybridized carbons (Fsp3) is 0.300. The number of halogens is 5. The number of carbonyl (C=O) groups excluding carboxylic acids is 1. The highest BCUT2D eigenvalue weighted by atomic mass is 127. The smallest absolute Gasteiger partial charge is 0.262 e. The van der Waals surface area contributed by atoms with Gasteiger partial charge in [-0.25, -0.2) is 5.32 Å². The van der Waals surface area contributed by atoms with Gasteiger partial charge in [0.15, 0.2) is 0 Å². The van der Waals surface area contributed by atoms with E-state index in [4.69, 9.17) is 11.6 Å². The Kier molecular flexibility index (Phi) is 5.05.